The van der Waals surface area contributed by atoms with Crippen molar-refractivity contribution in [3.05, 3.63) is 28.8 Å². The van der Waals surface area contributed by atoms with Gasteiger partial charge in [-0.2, -0.15) is 0 Å². The second-order valence-electron chi connectivity index (χ2n) is 4.86. The fourth-order valence-corrected chi connectivity index (χ4v) is 2.04. The van der Waals surface area contributed by atoms with Crippen LogP contribution in [-0.2, 0) is 4.79 Å². The molecule has 21 heavy (non-hydrogen) atoms. The molecule has 1 atom stereocenters. The number of nitrogens with one attached hydrogen (secondary N) is 2. The molecule has 1 aromatic rings. The molecule has 2 N–H and O–H groups in total. The van der Waals surface area contributed by atoms with Crippen LogP contribution in [0.3, 0.4) is 0 Å². The Labute approximate surface area is 138 Å². The molecule has 0 aromatic heterocycles. The molecule has 1 amide bonds. The average molecular weight is 335 g/mol. The molecule has 0 saturated heterocycles. The van der Waals surface area contributed by atoms with Crippen molar-refractivity contribution >= 4 is 29.9 Å². The molecule has 0 heterocycles. The molecule has 4 nitrogen and oxygen atoms in total. The number of carbonyl (C=O) groups excluding carboxylic acids is 1. The first-order valence-corrected chi connectivity index (χ1v) is 7.23. The summed E-state index contributed by atoms with van der Waals surface area (Å²) < 4.78 is 5.66. The minimum Gasteiger partial charge on any atom is -0.493 e. The summed E-state index contributed by atoms with van der Waals surface area (Å²) in [5, 5.41) is 6.59. The van der Waals surface area contributed by atoms with Gasteiger partial charge in [0.2, 0.25) is 5.91 Å². The van der Waals surface area contributed by atoms with Crippen LogP contribution in [0.25, 0.3) is 0 Å². The van der Waals surface area contributed by atoms with Crippen LogP contribution in [0, 0.1) is 12.8 Å². The van der Waals surface area contributed by atoms with E-state index in [-0.39, 0.29) is 24.2 Å². The van der Waals surface area contributed by atoms with Gasteiger partial charge in [-0.3, -0.25) is 4.79 Å². The van der Waals surface area contributed by atoms with E-state index in [1.165, 1.54) is 0 Å². The molecule has 0 spiro atoms. The van der Waals surface area contributed by atoms with Crippen molar-refractivity contribution in [2.24, 2.45) is 5.92 Å². The summed E-state index contributed by atoms with van der Waals surface area (Å²) >= 11 is 5.88. The molecule has 0 aliphatic rings. The van der Waals surface area contributed by atoms with Gasteiger partial charge in [0, 0.05) is 24.0 Å². The fraction of sp³-hybridized carbons (Fsp3) is 0.533. The highest BCUT2D eigenvalue weighted by atomic mass is 35.5. The van der Waals surface area contributed by atoms with E-state index in [1.54, 1.807) is 0 Å². The number of amides is 1. The number of rotatable bonds is 8. The standard InChI is InChI=1S/C15H23ClN2O2.ClH/c1-11-9-13(16)5-6-14(11)20-8-4-7-18-15(19)12(2)10-17-3;/h5-6,9,12,17H,4,7-8,10H2,1-3H3,(H,18,19);1H. The molecular weight excluding hydrogens is 311 g/mol. The maximum atomic E-state index is 11.7. The number of benzene rings is 1. The Balaban J connectivity index is 0.00000400. The van der Waals surface area contributed by atoms with E-state index < -0.39 is 0 Å². The minimum atomic E-state index is -0.0144. The Morgan fingerprint density at radius 1 is 1.43 bits per heavy atom. The van der Waals surface area contributed by atoms with Crippen molar-refractivity contribution in [1.29, 1.82) is 0 Å². The third-order valence-corrected chi connectivity index (χ3v) is 3.21. The van der Waals surface area contributed by atoms with Gasteiger partial charge < -0.3 is 15.4 Å². The zero-order valence-corrected chi connectivity index (χ0v) is 14.3. The monoisotopic (exact) mass is 334 g/mol. The van der Waals surface area contributed by atoms with Crippen LogP contribution in [0.4, 0.5) is 0 Å². The number of ether oxygens (including phenoxy) is 1. The van der Waals surface area contributed by atoms with E-state index >= 15 is 0 Å². The second kappa shape index (κ2) is 10.7. The highest BCUT2D eigenvalue weighted by Gasteiger charge is 2.10. The van der Waals surface area contributed by atoms with Gasteiger partial charge in [-0.15, -0.1) is 12.4 Å². The molecule has 0 aliphatic carbocycles. The van der Waals surface area contributed by atoms with E-state index in [0.29, 0.717) is 24.7 Å². The van der Waals surface area contributed by atoms with Gasteiger partial charge in [0.1, 0.15) is 5.75 Å². The Morgan fingerprint density at radius 3 is 2.76 bits per heavy atom. The topological polar surface area (TPSA) is 50.4 Å². The predicted octanol–water partition coefficient (Wildman–Crippen LogP) is 2.81. The third kappa shape index (κ3) is 7.55. The molecule has 0 radical (unpaired) electrons. The van der Waals surface area contributed by atoms with Crippen molar-refractivity contribution in [2.45, 2.75) is 20.3 Å². The van der Waals surface area contributed by atoms with Crippen LogP contribution in [0.5, 0.6) is 5.75 Å². The molecular formula is C15H24Cl2N2O2. The molecule has 120 valence electrons. The van der Waals surface area contributed by atoms with Gasteiger partial charge in [0.15, 0.2) is 0 Å². The SMILES string of the molecule is CNCC(C)C(=O)NCCCOc1ccc(Cl)cc1C.Cl. The van der Waals surface area contributed by atoms with Crippen molar-refractivity contribution in [1.82, 2.24) is 10.6 Å². The van der Waals surface area contributed by atoms with Crippen LogP contribution >= 0.6 is 24.0 Å². The molecule has 0 aliphatic heterocycles. The van der Waals surface area contributed by atoms with Crippen molar-refractivity contribution < 1.29 is 9.53 Å². The van der Waals surface area contributed by atoms with Crippen LogP contribution in [-0.4, -0.2) is 32.7 Å². The smallest absolute Gasteiger partial charge is 0.224 e. The first-order chi connectivity index (χ1) is 9.54. The van der Waals surface area contributed by atoms with Gasteiger partial charge in [-0.1, -0.05) is 18.5 Å². The maximum Gasteiger partial charge on any atom is 0.224 e. The summed E-state index contributed by atoms with van der Waals surface area (Å²) in [5.41, 5.74) is 1.02. The lowest BCUT2D eigenvalue weighted by Crippen LogP contribution is -2.35. The summed E-state index contributed by atoms with van der Waals surface area (Å²) in [6.07, 6.45) is 0.778. The lowest BCUT2D eigenvalue weighted by molar-refractivity contribution is -0.124. The Bertz CT molecular complexity index is 442. The number of aryl methyl sites for hydroxylation is 1. The second-order valence-corrected chi connectivity index (χ2v) is 5.30. The van der Waals surface area contributed by atoms with Gasteiger partial charge in [0.05, 0.1) is 6.61 Å². The van der Waals surface area contributed by atoms with E-state index in [0.717, 1.165) is 17.7 Å². The summed E-state index contributed by atoms with van der Waals surface area (Å²) in [4.78, 5) is 11.7. The highest BCUT2D eigenvalue weighted by Crippen LogP contribution is 2.21. The predicted molar refractivity (Wildman–Crippen MR) is 89.6 cm³/mol. The van der Waals surface area contributed by atoms with Crippen LogP contribution in [0.1, 0.15) is 18.9 Å². The Morgan fingerprint density at radius 2 is 2.14 bits per heavy atom. The van der Waals surface area contributed by atoms with Crippen molar-refractivity contribution in [3.8, 4) is 5.75 Å². The number of hydrogen-bond acceptors (Lipinski definition) is 3. The van der Waals surface area contributed by atoms with Gasteiger partial charge in [-0.25, -0.2) is 0 Å². The number of carbonyl (C=O) groups is 1. The first-order valence-electron chi connectivity index (χ1n) is 6.86. The van der Waals surface area contributed by atoms with Gasteiger partial charge in [0.25, 0.3) is 0 Å². The zero-order chi connectivity index (χ0) is 15.0. The van der Waals surface area contributed by atoms with Crippen LogP contribution in [0.2, 0.25) is 5.02 Å². The molecule has 0 fully saturated rings. The van der Waals surface area contributed by atoms with E-state index in [4.69, 9.17) is 16.3 Å². The molecule has 0 saturated carbocycles. The highest BCUT2D eigenvalue weighted by molar-refractivity contribution is 6.30. The molecule has 0 bridgehead atoms. The number of hydrogen-bond donors (Lipinski definition) is 2. The largest absolute Gasteiger partial charge is 0.493 e. The van der Waals surface area contributed by atoms with Crippen LogP contribution < -0.4 is 15.4 Å². The van der Waals surface area contributed by atoms with Crippen molar-refractivity contribution in [3.63, 3.8) is 0 Å². The molecule has 1 rings (SSSR count). The summed E-state index contributed by atoms with van der Waals surface area (Å²) in [6, 6.07) is 5.55. The molecule has 1 unspecified atom stereocenters. The zero-order valence-electron chi connectivity index (χ0n) is 12.7. The summed E-state index contributed by atoms with van der Waals surface area (Å²) in [6.45, 7) is 5.75. The van der Waals surface area contributed by atoms with Gasteiger partial charge >= 0.3 is 0 Å². The molecule has 6 heteroatoms. The first kappa shape index (κ1) is 20.0. The van der Waals surface area contributed by atoms with E-state index in [9.17, 15) is 4.79 Å². The number of halogens is 2. The third-order valence-electron chi connectivity index (χ3n) is 2.97. The fourth-order valence-electron chi connectivity index (χ4n) is 1.81. The van der Waals surface area contributed by atoms with Crippen LogP contribution in [0.15, 0.2) is 18.2 Å². The van der Waals surface area contributed by atoms with Crippen molar-refractivity contribution in [2.75, 3.05) is 26.7 Å². The maximum absolute atomic E-state index is 11.7. The van der Waals surface area contributed by atoms with E-state index in [1.807, 2.05) is 39.1 Å². The summed E-state index contributed by atoms with van der Waals surface area (Å²) in [5.74, 6) is 0.894. The average Bonchev–Trinajstić information content (AvgIpc) is 2.40. The van der Waals surface area contributed by atoms with Gasteiger partial charge in [-0.05, 0) is 44.2 Å². The lowest BCUT2D eigenvalue weighted by atomic mass is 10.1. The lowest BCUT2D eigenvalue weighted by Gasteiger charge is -2.12. The quantitative estimate of drug-likeness (QED) is 0.719. The van der Waals surface area contributed by atoms with E-state index in [2.05, 4.69) is 10.6 Å². The Hall–Kier alpha value is -0.970. The Kier molecular flexibility index (Phi) is 10.2. The molecule has 1 aromatic carbocycles. The summed E-state index contributed by atoms with van der Waals surface area (Å²) in [7, 11) is 1.84. The normalized spacial score (nSPS) is 11.4. The minimum absolute atomic E-state index is 0.